The minimum Gasteiger partial charge on any atom is -0.493 e. The highest BCUT2D eigenvalue weighted by atomic mass is 32.1. The largest absolute Gasteiger partial charge is 0.493 e. The lowest BCUT2D eigenvalue weighted by Gasteiger charge is -2.11. The third kappa shape index (κ3) is 4.06. The van der Waals surface area contributed by atoms with Crippen molar-refractivity contribution in [1.82, 2.24) is 15.6 Å². The Bertz CT molecular complexity index is 719. The van der Waals surface area contributed by atoms with E-state index < -0.39 is 0 Å². The van der Waals surface area contributed by atoms with Crippen LogP contribution < -0.4 is 15.4 Å². The molecule has 1 aliphatic rings. The maximum Gasteiger partial charge on any atom is 0.191 e. The summed E-state index contributed by atoms with van der Waals surface area (Å²) in [5.41, 5.74) is 3.76. The van der Waals surface area contributed by atoms with E-state index in [0.29, 0.717) is 6.54 Å². The van der Waals surface area contributed by atoms with Gasteiger partial charge < -0.3 is 15.4 Å². The molecule has 1 aromatic carbocycles. The summed E-state index contributed by atoms with van der Waals surface area (Å²) in [6.07, 6.45) is 1.98. The van der Waals surface area contributed by atoms with Crippen LogP contribution in [0.2, 0.25) is 0 Å². The molecule has 0 unspecified atom stereocenters. The van der Waals surface area contributed by atoms with Crippen LogP contribution in [0.25, 0.3) is 0 Å². The van der Waals surface area contributed by atoms with Crippen LogP contribution in [0.5, 0.6) is 5.75 Å². The smallest absolute Gasteiger partial charge is 0.191 e. The average Bonchev–Trinajstić information content (AvgIpc) is 3.17. The van der Waals surface area contributed by atoms with Crippen molar-refractivity contribution in [3.8, 4) is 5.75 Å². The van der Waals surface area contributed by atoms with E-state index in [1.165, 1.54) is 16.0 Å². The molecule has 0 saturated heterocycles. The number of hydrogen-bond acceptors (Lipinski definition) is 4. The van der Waals surface area contributed by atoms with Gasteiger partial charge in [0, 0.05) is 24.9 Å². The average molecular weight is 344 g/mol. The predicted molar refractivity (Wildman–Crippen MR) is 99.1 cm³/mol. The summed E-state index contributed by atoms with van der Waals surface area (Å²) in [6, 6.07) is 6.47. The van der Waals surface area contributed by atoms with Gasteiger partial charge in [-0.15, -0.1) is 11.3 Å². The SMILES string of the molecule is CN=C(NCCc1ccc2c(c1)CCO2)NCc1nc(C)c(C)s1. The maximum absolute atomic E-state index is 5.55. The number of benzene rings is 1. The van der Waals surface area contributed by atoms with Gasteiger partial charge in [-0.25, -0.2) is 4.98 Å². The van der Waals surface area contributed by atoms with E-state index in [2.05, 4.69) is 45.7 Å². The van der Waals surface area contributed by atoms with Crippen LogP contribution in [0.3, 0.4) is 0 Å². The van der Waals surface area contributed by atoms with E-state index in [-0.39, 0.29) is 0 Å². The highest BCUT2D eigenvalue weighted by Gasteiger charge is 2.11. The van der Waals surface area contributed by atoms with Gasteiger partial charge in [-0.1, -0.05) is 12.1 Å². The van der Waals surface area contributed by atoms with Crippen molar-refractivity contribution in [3.63, 3.8) is 0 Å². The quantitative estimate of drug-likeness (QED) is 0.647. The molecule has 0 atom stereocenters. The molecule has 0 amide bonds. The van der Waals surface area contributed by atoms with Gasteiger partial charge in [0.05, 0.1) is 18.8 Å². The number of nitrogens with zero attached hydrogens (tertiary/aromatic N) is 2. The van der Waals surface area contributed by atoms with Gasteiger partial charge in [0.2, 0.25) is 0 Å². The standard InChI is InChI=1S/C18H24N4OS/c1-12-13(2)24-17(22-12)11-21-18(19-3)20-8-6-14-4-5-16-15(10-14)7-9-23-16/h4-5,10H,6-9,11H2,1-3H3,(H2,19,20,21). The van der Waals surface area contributed by atoms with Gasteiger partial charge in [-0.05, 0) is 37.5 Å². The van der Waals surface area contributed by atoms with Crippen molar-refractivity contribution >= 4 is 17.3 Å². The van der Waals surface area contributed by atoms with Crippen molar-refractivity contribution in [2.24, 2.45) is 4.99 Å². The number of ether oxygens (including phenoxy) is 1. The summed E-state index contributed by atoms with van der Waals surface area (Å²) in [5, 5.41) is 7.77. The summed E-state index contributed by atoms with van der Waals surface area (Å²) >= 11 is 1.73. The van der Waals surface area contributed by atoms with Crippen LogP contribution in [0.4, 0.5) is 0 Å². The van der Waals surface area contributed by atoms with Crippen LogP contribution in [0, 0.1) is 13.8 Å². The second-order valence-electron chi connectivity index (χ2n) is 5.89. The highest BCUT2D eigenvalue weighted by Crippen LogP contribution is 2.25. The topological polar surface area (TPSA) is 58.5 Å². The van der Waals surface area contributed by atoms with Crippen molar-refractivity contribution < 1.29 is 4.74 Å². The van der Waals surface area contributed by atoms with E-state index in [9.17, 15) is 0 Å². The first kappa shape index (κ1) is 16.8. The second kappa shape index (κ2) is 7.66. The van der Waals surface area contributed by atoms with Crippen molar-refractivity contribution in [1.29, 1.82) is 0 Å². The first-order chi connectivity index (χ1) is 11.7. The van der Waals surface area contributed by atoms with Crippen LogP contribution in [-0.2, 0) is 19.4 Å². The number of thiazole rings is 1. The summed E-state index contributed by atoms with van der Waals surface area (Å²) in [7, 11) is 1.79. The molecule has 0 saturated carbocycles. The molecule has 0 radical (unpaired) electrons. The van der Waals surface area contributed by atoms with Gasteiger partial charge in [0.15, 0.2) is 5.96 Å². The van der Waals surface area contributed by atoms with Crippen molar-refractivity contribution in [2.75, 3.05) is 20.2 Å². The molecule has 3 rings (SSSR count). The molecule has 1 aromatic heterocycles. The molecule has 5 nitrogen and oxygen atoms in total. The molecule has 2 aromatic rings. The van der Waals surface area contributed by atoms with Gasteiger partial charge in [0.1, 0.15) is 10.8 Å². The Balaban J connectivity index is 1.46. The lowest BCUT2D eigenvalue weighted by Crippen LogP contribution is -2.37. The minimum absolute atomic E-state index is 0.704. The van der Waals surface area contributed by atoms with Gasteiger partial charge in [-0.2, -0.15) is 0 Å². The fraction of sp³-hybridized carbons (Fsp3) is 0.444. The number of rotatable bonds is 5. The van der Waals surface area contributed by atoms with Gasteiger partial charge >= 0.3 is 0 Å². The number of guanidine groups is 1. The minimum atomic E-state index is 0.704. The molecular formula is C18H24N4OS. The number of fused-ring (bicyclic) bond motifs is 1. The molecule has 0 fully saturated rings. The number of aryl methyl sites for hydroxylation is 2. The Morgan fingerprint density at radius 1 is 1.33 bits per heavy atom. The Morgan fingerprint density at radius 2 is 2.21 bits per heavy atom. The molecule has 6 heteroatoms. The summed E-state index contributed by atoms with van der Waals surface area (Å²) < 4.78 is 5.55. The van der Waals surface area contributed by atoms with Gasteiger partial charge in [0.25, 0.3) is 0 Å². The van der Waals surface area contributed by atoms with E-state index in [4.69, 9.17) is 4.74 Å². The zero-order valence-corrected chi connectivity index (χ0v) is 15.3. The second-order valence-corrected chi connectivity index (χ2v) is 7.18. The number of aliphatic imine (C=N–C) groups is 1. The Hall–Kier alpha value is -2.08. The summed E-state index contributed by atoms with van der Waals surface area (Å²) in [5.74, 6) is 1.85. The van der Waals surface area contributed by atoms with Crippen LogP contribution in [0.15, 0.2) is 23.2 Å². The van der Waals surface area contributed by atoms with Crippen molar-refractivity contribution in [3.05, 3.63) is 44.9 Å². The lowest BCUT2D eigenvalue weighted by atomic mass is 10.1. The third-order valence-electron chi connectivity index (χ3n) is 4.16. The normalized spacial score (nSPS) is 13.5. The molecule has 0 bridgehead atoms. The molecule has 128 valence electrons. The van der Waals surface area contributed by atoms with Gasteiger partial charge in [-0.3, -0.25) is 4.99 Å². The molecule has 2 heterocycles. The number of hydrogen-bond donors (Lipinski definition) is 2. The first-order valence-electron chi connectivity index (χ1n) is 8.27. The van der Waals surface area contributed by atoms with E-state index >= 15 is 0 Å². The fourth-order valence-electron chi connectivity index (χ4n) is 2.72. The molecule has 0 spiro atoms. The summed E-state index contributed by atoms with van der Waals surface area (Å²) in [6.45, 7) is 6.50. The summed E-state index contributed by atoms with van der Waals surface area (Å²) in [4.78, 5) is 10.1. The predicted octanol–water partition coefficient (Wildman–Crippen LogP) is 2.60. The molecular weight excluding hydrogens is 320 g/mol. The molecule has 24 heavy (non-hydrogen) atoms. The fourth-order valence-corrected chi connectivity index (χ4v) is 3.59. The molecule has 1 aliphatic heterocycles. The number of aromatic nitrogens is 1. The zero-order valence-electron chi connectivity index (χ0n) is 14.5. The molecule has 0 aliphatic carbocycles. The highest BCUT2D eigenvalue weighted by molar-refractivity contribution is 7.11. The Kier molecular flexibility index (Phi) is 5.35. The third-order valence-corrected chi connectivity index (χ3v) is 5.24. The Morgan fingerprint density at radius 3 is 2.96 bits per heavy atom. The Labute approximate surface area is 147 Å². The monoisotopic (exact) mass is 344 g/mol. The molecule has 2 N–H and O–H groups in total. The van der Waals surface area contributed by atoms with E-state index in [0.717, 1.165) is 48.4 Å². The van der Waals surface area contributed by atoms with Crippen LogP contribution in [-0.4, -0.2) is 31.1 Å². The van der Waals surface area contributed by atoms with E-state index in [1.54, 1.807) is 18.4 Å². The number of nitrogens with one attached hydrogen (secondary N) is 2. The lowest BCUT2D eigenvalue weighted by molar-refractivity contribution is 0.357. The maximum atomic E-state index is 5.55. The van der Waals surface area contributed by atoms with E-state index in [1.807, 2.05) is 6.92 Å². The van der Waals surface area contributed by atoms with Crippen LogP contribution in [0.1, 0.15) is 26.7 Å². The first-order valence-corrected chi connectivity index (χ1v) is 9.09. The zero-order chi connectivity index (χ0) is 16.9. The van der Waals surface area contributed by atoms with Crippen molar-refractivity contribution in [2.45, 2.75) is 33.2 Å². The van der Waals surface area contributed by atoms with Crippen LogP contribution >= 0.6 is 11.3 Å².